The Balaban J connectivity index is 1.94. The minimum Gasteiger partial charge on any atom is -0.493 e. The second-order valence-corrected chi connectivity index (χ2v) is 5.06. The Kier molecular flexibility index (Phi) is 3.71. The molecule has 0 bridgehead atoms. The number of nitrogens with two attached hydrogens (primary N) is 1. The van der Waals surface area contributed by atoms with Crippen LogP contribution in [0.25, 0.3) is 0 Å². The lowest BCUT2D eigenvalue weighted by Gasteiger charge is -2.31. The predicted octanol–water partition coefficient (Wildman–Crippen LogP) is 1.97. The molecular formula is C15H20N4O. The Morgan fingerprint density at radius 1 is 1.50 bits per heavy atom. The first-order valence-electron chi connectivity index (χ1n) is 7.03. The lowest BCUT2D eigenvalue weighted by atomic mass is 9.84. The van der Waals surface area contributed by atoms with Gasteiger partial charge < -0.3 is 4.74 Å². The standard InChI is InChI=1S/C15H20N4O/c1-2-19-10-11(9-17-19)15(18-16)13-7-8-20-14-6-4-3-5-12(13)14/h3-6,9-10,13,15,18H,2,7-8,16H2,1H3. The summed E-state index contributed by atoms with van der Waals surface area (Å²) in [6.45, 7) is 3.66. The fraction of sp³-hybridized carbons (Fsp3) is 0.400. The normalized spacial score (nSPS) is 19.2. The van der Waals surface area contributed by atoms with Gasteiger partial charge in [-0.25, -0.2) is 0 Å². The van der Waals surface area contributed by atoms with Crippen LogP contribution in [-0.2, 0) is 6.54 Å². The summed E-state index contributed by atoms with van der Waals surface area (Å²) in [6.07, 6.45) is 4.90. The third kappa shape index (κ3) is 2.30. The first-order chi connectivity index (χ1) is 9.83. The van der Waals surface area contributed by atoms with Gasteiger partial charge in [-0.2, -0.15) is 5.10 Å². The third-order valence-electron chi connectivity index (χ3n) is 3.92. The number of nitrogens with one attached hydrogen (secondary N) is 1. The number of nitrogens with zero attached hydrogens (tertiary/aromatic N) is 2. The van der Waals surface area contributed by atoms with E-state index in [0.717, 1.165) is 30.9 Å². The molecule has 0 fully saturated rings. The minimum atomic E-state index is 0.0559. The minimum absolute atomic E-state index is 0.0559. The molecule has 3 rings (SSSR count). The largest absolute Gasteiger partial charge is 0.493 e. The molecule has 1 aromatic heterocycles. The van der Waals surface area contributed by atoms with E-state index in [1.165, 1.54) is 5.56 Å². The zero-order valence-electron chi connectivity index (χ0n) is 11.6. The van der Waals surface area contributed by atoms with Crippen molar-refractivity contribution < 1.29 is 4.74 Å². The molecule has 2 heterocycles. The molecule has 0 saturated heterocycles. The Hall–Kier alpha value is -1.85. The van der Waals surface area contributed by atoms with Crippen LogP contribution in [0, 0.1) is 0 Å². The predicted molar refractivity (Wildman–Crippen MR) is 77.3 cm³/mol. The molecular weight excluding hydrogens is 252 g/mol. The van der Waals surface area contributed by atoms with Crippen molar-refractivity contribution in [3.63, 3.8) is 0 Å². The fourth-order valence-corrected chi connectivity index (χ4v) is 2.87. The number of benzene rings is 1. The van der Waals surface area contributed by atoms with Crippen LogP contribution in [0.1, 0.15) is 36.4 Å². The maximum absolute atomic E-state index is 5.82. The zero-order chi connectivity index (χ0) is 13.9. The molecule has 0 radical (unpaired) electrons. The average Bonchev–Trinajstić information content (AvgIpc) is 2.97. The van der Waals surface area contributed by atoms with Crippen LogP contribution >= 0.6 is 0 Å². The fourth-order valence-electron chi connectivity index (χ4n) is 2.87. The highest BCUT2D eigenvalue weighted by Gasteiger charge is 2.30. The van der Waals surface area contributed by atoms with Gasteiger partial charge in [-0.1, -0.05) is 18.2 Å². The monoisotopic (exact) mass is 272 g/mol. The van der Waals surface area contributed by atoms with Crippen LogP contribution in [0.5, 0.6) is 5.75 Å². The topological polar surface area (TPSA) is 65.1 Å². The lowest BCUT2D eigenvalue weighted by molar-refractivity contribution is 0.246. The lowest BCUT2D eigenvalue weighted by Crippen LogP contribution is -2.34. The number of rotatable bonds is 4. The third-order valence-corrected chi connectivity index (χ3v) is 3.92. The van der Waals surface area contributed by atoms with Crippen molar-refractivity contribution in [2.24, 2.45) is 5.84 Å². The van der Waals surface area contributed by atoms with Crippen LogP contribution in [-0.4, -0.2) is 16.4 Å². The number of aromatic nitrogens is 2. The molecule has 5 heteroatoms. The highest BCUT2D eigenvalue weighted by molar-refractivity contribution is 5.39. The maximum Gasteiger partial charge on any atom is 0.122 e. The number of hydrogen-bond acceptors (Lipinski definition) is 4. The van der Waals surface area contributed by atoms with Crippen molar-refractivity contribution in [2.75, 3.05) is 6.61 Å². The smallest absolute Gasteiger partial charge is 0.122 e. The molecule has 1 aromatic carbocycles. The Labute approximate surface area is 118 Å². The van der Waals surface area contributed by atoms with Gasteiger partial charge in [0.2, 0.25) is 0 Å². The number of hydrogen-bond donors (Lipinski definition) is 2. The molecule has 0 amide bonds. The van der Waals surface area contributed by atoms with E-state index in [4.69, 9.17) is 10.6 Å². The van der Waals surface area contributed by atoms with Crippen LogP contribution in [0.2, 0.25) is 0 Å². The molecule has 1 aliphatic rings. The van der Waals surface area contributed by atoms with Gasteiger partial charge in [0.25, 0.3) is 0 Å². The number of ether oxygens (including phenoxy) is 1. The Morgan fingerprint density at radius 3 is 3.10 bits per heavy atom. The molecule has 0 aliphatic carbocycles. The van der Waals surface area contributed by atoms with Crippen LogP contribution in [0.15, 0.2) is 36.7 Å². The van der Waals surface area contributed by atoms with E-state index in [2.05, 4.69) is 29.7 Å². The van der Waals surface area contributed by atoms with E-state index in [-0.39, 0.29) is 6.04 Å². The van der Waals surface area contributed by atoms with Crippen molar-refractivity contribution in [1.82, 2.24) is 15.2 Å². The Bertz CT molecular complexity index is 581. The van der Waals surface area contributed by atoms with E-state index >= 15 is 0 Å². The van der Waals surface area contributed by atoms with Gasteiger partial charge >= 0.3 is 0 Å². The molecule has 0 saturated carbocycles. The number of hydrazine groups is 1. The van der Waals surface area contributed by atoms with Crippen LogP contribution in [0.3, 0.4) is 0 Å². The quantitative estimate of drug-likeness (QED) is 0.660. The van der Waals surface area contributed by atoms with E-state index in [9.17, 15) is 0 Å². The summed E-state index contributed by atoms with van der Waals surface area (Å²) in [4.78, 5) is 0. The highest BCUT2D eigenvalue weighted by Crippen LogP contribution is 2.40. The van der Waals surface area contributed by atoms with Crippen molar-refractivity contribution in [2.45, 2.75) is 31.8 Å². The summed E-state index contributed by atoms with van der Waals surface area (Å²) in [7, 11) is 0. The molecule has 3 N–H and O–H groups in total. The molecule has 2 aromatic rings. The van der Waals surface area contributed by atoms with Gasteiger partial charge in [0.1, 0.15) is 5.75 Å². The first-order valence-corrected chi connectivity index (χ1v) is 7.03. The SMILES string of the molecule is CCn1cc(C(NN)C2CCOc3ccccc32)cn1. The molecule has 0 spiro atoms. The highest BCUT2D eigenvalue weighted by atomic mass is 16.5. The van der Waals surface area contributed by atoms with Crippen LogP contribution < -0.4 is 16.0 Å². The molecule has 5 nitrogen and oxygen atoms in total. The van der Waals surface area contributed by atoms with Gasteiger partial charge in [-0.3, -0.25) is 16.0 Å². The van der Waals surface area contributed by atoms with Gasteiger partial charge in [-0.05, 0) is 25.0 Å². The number of fused-ring (bicyclic) bond motifs is 1. The van der Waals surface area contributed by atoms with E-state index in [1.807, 2.05) is 29.1 Å². The summed E-state index contributed by atoms with van der Waals surface area (Å²) in [6, 6.07) is 8.24. The Morgan fingerprint density at radius 2 is 2.35 bits per heavy atom. The summed E-state index contributed by atoms with van der Waals surface area (Å²) < 4.78 is 7.64. The first kappa shape index (κ1) is 13.1. The molecule has 2 atom stereocenters. The molecule has 106 valence electrons. The van der Waals surface area contributed by atoms with Crippen molar-refractivity contribution in [3.05, 3.63) is 47.8 Å². The van der Waals surface area contributed by atoms with E-state index in [0.29, 0.717) is 5.92 Å². The zero-order valence-corrected chi connectivity index (χ0v) is 11.6. The van der Waals surface area contributed by atoms with Crippen molar-refractivity contribution >= 4 is 0 Å². The molecule has 2 unspecified atom stereocenters. The van der Waals surface area contributed by atoms with Gasteiger partial charge in [0, 0.05) is 24.2 Å². The summed E-state index contributed by atoms with van der Waals surface area (Å²) in [5.41, 5.74) is 5.29. The van der Waals surface area contributed by atoms with E-state index < -0.39 is 0 Å². The second-order valence-electron chi connectivity index (χ2n) is 5.06. The van der Waals surface area contributed by atoms with Gasteiger partial charge in [-0.15, -0.1) is 0 Å². The maximum atomic E-state index is 5.82. The second kappa shape index (κ2) is 5.64. The van der Waals surface area contributed by atoms with Gasteiger partial charge in [0.15, 0.2) is 0 Å². The van der Waals surface area contributed by atoms with Crippen LogP contribution in [0.4, 0.5) is 0 Å². The summed E-state index contributed by atoms with van der Waals surface area (Å²) in [5, 5.41) is 4.34. The average molecular weight is 272 g/mol. The van der Waals surface area contributed by atoms with Crippen molar-refractivity contribution in [1.29, 1.82) is 0 Å². The summed E-state index contributed by atoms with van der Waals surface area (Å²) in [5.74, 6) is 7.09. The number of aryl methyl sites for hydroxylation is 1. The van der Waals surface area contributed by atoms with E-state index in [1.54, 1.807) is 0 Å². The van der Waals surface area contributed by atoms with Gasteiger partial charge in [0.05, 0.1) is 18.8 Å². The molecule has 20 heavy (non-hydrogen) atoms. The summed E-state index contributed by atoms with van der Waals surface area (Å²) >= 11 is 0. The van der Waals surface area contributed by atoms with Crippen molar-refractivity contribution in [3.8, 4) is 5.75 Å². The number of para-hydroxylation sites is 1. The molecule has 1 aliphatic heterocycles.